The van der Waals surface area contributed by atoms with Gasteiger partial charge in [-0.05, 0) is 44.9 Å². The summed E-state index contributed by atoms with van der Waals surface area (Å²) in [5.41, 5.74) is 0. The van der Waals surface area contributed by atoms with E-state index < -0.39 is 0 Å². The van der Waals surface area contributed by atoms with Crippen LogP contribution in [0.3, 0.4) is 0 Å². The third-order valence-corrected chi connectivity index (χ3v) is 5.64. The Balaban J connectivity index is 1.45. The van der Waals surface area contributed by atoms with Crippen molar-refractivity contribution in [2.24, 2.45) is 0 Å². The van der Waals surface area contributed by atoms with Crippen LogP contribution in [0.1, 0.15) is 25.7 Å². The van der Waals surface area contributed by atoms with Crippen molar-refractivity contribution in [2.75, 3.05) is 19.3 Å². The van der Waals surface area contributed by atoms with E-state index in [1.165, 1.54) is 31.7 Å². The molecule has 2 bridgehead atoms. The van der Waals surface area contributed by atoms with Crippen molar-refractivity contribution >= 4 is 11.8 Å². The molecule has 2 unspecified atom stereocenters. The minimum absolute atomic E-state index is 0.0972. The van der Waals surface area contributed by atoms with Gasteiger partial charge in [0.05, 0.1) is 0 Å². The number of benzene rings is 1. The Labute approximate surface area is 125 Å². The van der Waals surface area contributed by atoms with Gasteiger partial charge < -0.3 is 10.2 Å². The summed E-state index contributed by atoms with van der Waals surface area (Å²) < 4.78 is 13.5. The van der Waals surface area contributed by atoms with Gasteiger partial charge in [0.15, 0.2) is 0 Å². The number of fused-ring (bicyclic) bond motifs is 2. The molecule has 2 fully saturated rings. The topological polar surface area (TPSA) is 15.3 Å². The second kappa shape index (κ2) is 6.46. The van der Waals surface area contributed by atoms with Crippen LogP contribution in [0.4, 0.5) is 4.39 Å². The van der Waals surface area contributed by atoms with E-state index in [4.69, 9.17) is 0 Å². The molecule has 0 amide bonds. The third kappa shape index (κ3) is 3.35. The van der Waals surface area contributed by atoms with E-state index in [1.807, 2.05) is 12.1 Å². The zero-order chi connectivity index (χ0) is 13.9. The van der Waals surface area contributed by atoms with Crippen LogP contribution in [0, 0.1) is 5.82 Å². The summed E-state index contributed by atoms with van der Waals surface area (Å²) in [5, 5.41) is 3.68. The first kappa shape index (κ1) is 14.4. The molecule has 0 radical (unpaired) electrons. The summed E-state index contributed by atoms with van der Waals surface area (Å²) in [5.74, 6) is 0.858. The molecule has 0 aromatic heterocycles. The van der Waals surface area contributed by atoms with Crippen molar-refractivity contribution in [1.29, 1.82) is 0 Å². The Kier molecular flexibility index (Phi) is 4.64. The largest absolute Gasteiger partial charge is 0.311 e. The molecule has 2 aliphatic rings. The predicted molar refractivity (Wildman–Crippen MR) is 82.7 cm³/mol. The minimum atomic E-state index is -0.0972. The average molecular weight is 294 g/mol. The first-order valence-electron chi connectivity index (χ1n) is 7.56. The van der Waals surface area contributed by atoms with E-state index in [2.05, 4.69) is 17.3 Å². The lowest BCUT2D eigenvalue weighted by molar-refractivity contribution is 0.181. The van der Waals surface area contributed by atoms with Crippen LogP contribution in [0.5, 0.6) is 0 Å². The highest BCUT2D eigenvalue weighted by molar-refractivity contribution is 7.99. The lowest BCUT2D eigenvalue weighted by atomic mass is 9.99. The summed E-state index contributed by atoms with van der Waals surface area (Å²) in [6.07, 6.45) is 5.24. The second-order valence-corrected chi connectivity index (χ2v) is 7.16. The Bertz CT molecular complexity index is 442. The van der Waals surface area contributed by atoms with Crippen molar-refractivity contribution in [1.82, 2.24) is 10.2 Å². The van der Waals surface area contributed by atoms with Crippen LogP contribution in [-0.4, -0.2) is 42.4 Å². The lowest BCUT2D eigenvalue weighted by Gasteiger charge is -2.35. The fourth-order valence-corrected chi connectivity index (χ4v) is 4.41. The monoisotopic (exact) mass is 294 g/mol. The molecule has 2 nitrogen and oxygen atoms in total. The Morgan fingerprint density at radius 3 is 2.65 bits per heavy atom. The van der Waals surface area contributed by atoms with E-state index >= 15 is 0 Å². The van der Waals surface area contributed by atoms with E-state index in [-0.39, 0.29) is 5.82 Å². The number of rotatable bonds is 5. The maximum absolute atomic E-state index is 13.5. The molecule has 3 rings (SSSR count). The van der Waals surface area contributed by atoms with Crippen molar-refractivity contribution in [3.8, 4) is 0 Å². The Hall–Kier alpha value is -0.580. The normalized spacial score (nSPS) is 29.1. The molecule has 1 N–H and O–H groups in total. The molecule has 2 aliphatic heterocycles. The summed E-state index contributed by atoms with van der Waals surface area (Å²) >= 11 is 1.62. The highest BCUT2D eigenvalue weighted by Crippen LogP contribution is 2.29. The van der Waals surface area contributed by atoms with E-state index in [0.29, 0.717) is 6.04 Å². The highest BCUT2D eigenvalue weighted by Gasteiger charge is 2.34. The van der Waals surface area contributed by atoms with E-state index in [0.717, 1.165) is 29.3 Å². The average Bonchev–Trinajstić information content (AvgIpc) is 2.79. The van der Waals surface area contributed by atoms with Crippen molar-refractivity contribution in [3.63, 3.8) is 0 Å². The minimum Gasteiger partial charge on any atom is -0.311 e. The van der Waals surface area contributed by atoms with Gasteiger partial charge >= 0.3 is 0 Å². The van der Waals surface area contributed by atoms with Gasteiger partial charge in [0.2, 0.25) is 0 Å². The second-order valence-electron chi connectivity index (χ2n) is 6.02. The molecule has 1 aromatic rings. The molecule has 2 atom stereocenters. The van der Waals surface area contributed by atoms with Crippen LogP contribution in [0.25, 0.3) is 0 Å². The number of piperidine rings is 1. The lowest BCUT2D eigenvalue weighted by Crippen LogP contribution is -2.47. The standard InChI is InChI=1S/C16H23FN2S/c1-19(14-10-12-6-7-13(11-14)18-12)8-9-20-16-5-3-2-4-15(16)17/h2-5,12-14,18H,6-11H2,1H3. The first-order valence-corrected chi connectivity index (χ1v) is 8.54. The van der Waals surface area contributed by atoms with Gasteiger partial charge in [-0.15, -0.1) is 11.8 Å². The zero-order valence-corrected chi connectivity index (χ0v) is 12.8. The Morgan fingerprint density at radius 2 is 1.95 bits per heavy atom. The Morgan fingerprint density at radius 1 is 1.25 bits per heavy atom. The molecule has 0 aliphatic carbocycles. The SMILES string of the molecule is CN(CCSc1ccccc1F)C1CC2CCC(C1)N2. The maximum Gasteiger partial charge on any atom is 0.136 e. The van der Waals surface area contributed by atoms with Crippen LogP contribution >= 0.6 is 11.8 Å². The number of halogens is 1. The third-order valence-electron chi connectivity index (χ3n) is 4.61. The van der Waals surface area contributed by atoms with E-state index in [9.17, 15) is 4.39 Å². The molecule has 0 saturated carbocycles. The fourth-order valence-electron chi connectivity index (χ4n) is 3.43. The number of nitrogens with zero attached hydrogens (tertiary/aromatic N) is 1. The number of nitrogens with one attached hydrogen (secondary N) is 1. The molecular weight excluding hydrogens is 271 g/mol. The highest BCUT2D eigenvalue weighted by atomic mass is 32.2. The maximum atomic E-state index is 13.5. The zero-order valence-electron chi connectivity index (χ0n) is 12.0. The summed E-state index contributed by atoms with van der Waals surface area (Å²) in [7, 11) is 2.22. The molecule has 0 spiro atoms. The number of hydrogen-bond donors (Lipinski definition) is 1. The molecule has 4 heteroatoms. The summed E-state index contributed by atoms with van der Waals surface area (Å²) in [6, 6.07) is 9.23. The molecule has 1 aromatic carbocycles. The molecule has 110 valence electrons. The molecule has 2 saturated heterocycles. The van der Waals surface area contributed by atoms with Gasteiger partial charge in [-0.1, -0.05) is 12.1 Å². The van der Waals surface area contributed by atoms with E-state index in [1.54, 1.807) is 17.8 Å². The van der Waals surface area contributed by atoms with Gasteiger partial charge in [0.1, 0.15) is 5.82 Å². The van der Waals surface area contributed by atoms with Gasteiger partial charge in [0, 0.05) is 35.3 Å². The molecular formula is C16H23FN2S. The predicted octanol–water partition coefficient (Wildman–Crippen LogP) is 3.13. The van der Waals surface area contributed by atoms with Crippen LogP contribution in [0.2, 0.25) is 0 Å². The van der Waals surface area contributed by atoms with Crippen LogP contribution in [-0.2, 0) is 0 Å². The molecule has 20 heavy (non-hydrogen) atoms. The van der Waals surface area contributed by atoms with Crippen molar-refractivity contribution < 1.29 is 4.39 Å². The molecule has 2 heterocycles. The number of thioether (sulfide) groups is 1. The summed E-state index contributed by atoms with van der Waals surface area (Å²) in [4.78, 5) is 3.24. The fraction of sp³-hybridized carbons (Fsp3) is 0.625. The van der Waals surface area contributed by atoms with Gasteiger partial charge in [0.25, 0.3) is 0 Å². The number of hydrogen-bond acceptors (Lipinski definition) is 3. The first-order chi connectivity index (χ1) is 9.72. The quantitative estimate of drug-likeness (QED) is 0.840. The van der Waals surface area contributed by atoms with Crippen molar-refractivity contribution in [3.05, 3.63) is 30.1 Å². The van der Waals surface area contributed by atoms with Crippen LogP contribution in [0.15, 0.2) is 29.2 Å². The van der Waals surface area contributed by atoms with Gasteiger partial charge in [-0.2, -0.15) is 0 Å². The van der Waals surface area contributed by atoms with Gasteiger partial charge in [-0.3, -0.25) is 0 Å². The van der Waals surface area contributed by atoms with Gasteiger partial charge in [-0.25, -0.2) is 4.39 Å². The smallest absolute Gasteiger partial charge is 0.136 e. The van der Waals surface area contributed by atoms with Crippen molar-refractivity contribution in [2.45, 2.75) is 48.7 Å². The van der Waals surface area contributed by atoms with Crippen LogP contribution < -0.4 is 5.32 Å². The summed E-state index contributed by atoms with van der Waals surface area (Å²) in [6.45, 7) is 1.03.